The van der Waals surface area contributed by atoms with Gasteiger partial charge in [0, 0.05) is 11.9 Å². The van der Waals surface area contributed by atoms with Crippen molar-refractivity contribution in [2.75, 3.05) is 11.9 Å². The number of benzene rings is 2. The molecular formula is C24H22N4O4. The van der Waals surface area contributed by atoms with Crippen LogP contribution in [0.3, 0.4) is 0 Å². The molecule has 2 N–H and O–H groups in total. The Balaban J connectivity index is 1.34. The van der Waals surface area contributed by atoms with Crippen molar-refractivity contribution >= 4 is 23.5 Å². The van der Waals surface area contributed by atoms with Crippen LogP contribution in [0.5, 0.6) is 5.75 Å². The van der Waals surface area contributed by atoms with Gasteiger partial charge in [0.1, 0.15) is 18.9 Å². The van der Waals surface area contributed by atoms with Gasteiger partial charge in [-0.1, -0.05) is 36.4 Å². The highest BCUT2D eigenvalue weighted by molar-refractivity contribution is 6.10. The normalized spacial score (nSPS) is 17.7. The van der Waals surface area contributed by atoms with Crippen molar-refractivity contribution < 1.29 is 19.1 Å². The van der Waals surface area contributed by atoms with E-state index in [0.717, 1.165) is 10.5 Å². The number of anilines is 1. The maximum atomic E-state index is 12.9. The smallest absolute Gasteiger partial charge is 0.325 e. The number of rotatable bonds is 7. The fraction of sp³-hybridized carbons (Fsp3) is 0.167. The van der Waals surface area contributed by atoms with E-state index in [1.54, 1.807) is 55.6 Å². The van der Waals surface area contributed by atoms with Crippen molar-refractivity contribution in [3.05, 3.63) is 90.3 Å². The maximum Gasteiger partial charge on any atom is 0.325 e. The molecule has 0 saturated carbocycles. The molecule has 1 aliphatic rings. The van der Waals surface area contributed by atoms with Crippen LogP contribution in [-0.2, 0) is 21.7 Å². The summed E-state index contributed by atoms with van der Waals surface area (Å²) >= 11 is 0. The van der Waals surface area contributed by atoms with Crippen LogP contribution in [0.2, 0.25) is 0 Å². The van der Waals surface area contributed by atoms with Crippen LogP contribution in [0.15, 0.2) is 79.0 Å². The minimum Gasteiger partial charge on any atom is -0.489 e. The Morgan fingerprint density at radius 3 is 2.44 bits per heavy atom. The minimum absolute atomic E-state index is 0.403. The van der Waals surface area contributed by atoms with E-state index < -0.39 is 29.9 Å². The second kappa shape index (κ2) is 8.89. The predicted octanol–water partition coefficient (Wildman–Crippen LogP) is 3.07. The molecule has 0 aliphatic carbocycles. The number of imide groups is 1. The van der Waals surface area contributed by atoms with Gasteiger partial charge >= 0.3 is 6.03 Å². The summed E-state index contributed by atoms with van der Waals surface area (Å²) in [6, 6.07) is 21.1. The molecule has 1 aliphatic heterocycles. The SMILES string of the molecule is CC1(c2ccccn2)NC(=O)N(CC(=O)Nc2ccc(OCc3ccccc3)cc2)C1=O. The van der Waals surface area contributed by atoms with E-state index in [2.05, 4.69) is 15.6 Å². The maximum absolute atomic E-state index is 12.9. The molecule has 1 aromatic heterocycles. The van der Waals surface area contributed by atoms with Crippen molar-refractivity contribution in [2.45, 2.75) is 19.1 Å². The molecule has 32 heavy (non-hydrogen) atoms. The number of hydrogen-bond donors (Lipinski definition) is 2. The van der Waals surface area contributed by atoms with Crippen molar-refractivity contribution in [1.29, 1.82) is 0 Å². The van der Waals surface area contributed by atoms with E-state index in [0.29, 0.717) is 23.7 Å². The average molecular weight is 430 g/mol. The standard InChI is InChI=1S/C24H22N4O4/c1-24(20-9-5-6-14-25-20)22(30)28(23(31)27-24)15-21(29)26-18-10-12-19(13-11-18)32-16-17-7-3-2-4-8-17/h2-14H,15-16H2,1H3,(H,26,29)(H,27,31). The van der Waals surface area contributed by atoms with Crippen LogP contribution < -0.4 is 15.4 Å². The van der Waals surface area contributed by atoms with Crippen molar-refractivity contribution in [2.24, 2.45) is 0 Å². The highest BCUT2D eigenvalue weighted by Crippen LogP contribution is 2.27. The Morgan fingerprint density at radius 1 is 1.03 bits per heavy atom. The molecule has 1 atom stereocenters. The number of carbonyl (C=O) groups is 3. The lowest BCUT2D eigenvalue weighted by Crippen LogP contribution is -2.42. The molecule has 2 aromatic carbocycles. The summed E-state index contributed by atoms with van der Waals surface area (Å²) in [7, 11) is 0. The van der Waals surface area contributed by atoms with Gasteiger partial charge in [0.05, 0.1) is 5.69 Å². The number of nitrogens with zero attached hydrogens (tertiary/aromatic N) is 2. The molecule has 0 spiro atoms. The molecule has 0 radical (unpaired) electrons. The highest BCUT2D eigenvalue weighted by Gasteiger charge is 2.50. The zero-order valence-corrected chi connectivity index (χ0v) is 17.4. The number of pyridine rings is 1. The van der Waals surface area contributed by atoms with E-state index in [4.69, 9.17) is 4.74 Å². The molecule has 1 saturated heterocycles. The fourth-order valence-electron chi connectivity index (χ4n) is 3.39. The molecular weight excluding hydrogens is 408 g/mol. The quantitative estimate of drug-likeness (QED) is 0.561. The minimum atomic E-state index is -1.31. The number of ether oxygens (including phenoxy) is 1. The Hall–Kier alpha value is -4.20. The molecule has 162 valence electrons. The third-order valence-corrected chi connectivity index (χ3v) is 5.14. The highest BCUT2D eigenvalue weighted by atomic mass is 16.5. The summed E-state index contributed by atoms with van der Waals surface area (Å²) < 4.78 is 5.73. The first-order valence-electron chi connectivity index (χ1n) is 10.1. The van der Waals surface area contributed by atoms with Crippen molar-refractivity contribution in [1.82, 2.24) is 15.2 Å². The van der Waals surface area contributed by atoms with E-state index in [-0.39, 0.29) is 0 Å². The van der Waals surface area contributed by atoms with Crippen LogP contribution in [-0.4, -0.2) is 34.3 Å². The Kier molecular flexibility index (Phi) is 5.85. The largest absolute Gasteiger partial charge is 0.489 e. The second-order valence-corrected chi connectivity index (χ2v) is 7.51. The number of nitrogens with one attached hydrogen (secondary N) is 2. The first kappa shape index (κ1) is 21.0. The number of amides is 4. The van der Waals surface area contributed by atoms with Crippen molar-refractivity contribution in [3.8, 4) is 5.75 Å². The third-order valence-electron chi connectivity index (χ3n) is 5.14. The molecule has 4 amide bonds. The molecule has 8 heteroatoms. The Bertz CT molecular complexity index is 1120. The lowest BCUT2D eigenvalue weighted by Gasteiger charge is -2.20. The van der Waals surface area contributed by atoms with Gasteiger partial charge in [0.25, 0.3) is 5.91 Å². The molecule has 1 fully saturated rings. The summed E-state index contributed by atoms with van der Waals surface area (Å²) in [6.07, 6.45) is 1.54. The van der Waals surface area contributed by atoms with Crippen molar-refractivity contribution in [3.63, 3.8) is 0 Å². The zero-order valence-electron chi connectivity index (χ0n) is 17.4. The lowest BCUT2D eigenvalue weighted by atomic mass is 9.97. The summed E-state index contributed by atoms with van der Waals surface area (Å²) in [4.78, 5) is 42.8. The van der Waals surface area contributed by atoms with E-state index in [1.807, 2.05) is 30.3 Å². The van der Waals surface area contributed by atoms with Gasteiger partial charge in [-0.2, -0.15) is 0 Å². The predicted molar refractivity (Wildman–Crippen MR) is 118 cm³/mol. The Morgan fingerprint density at radius 2 is 1.75 bits per heavy atom. The molecule has 3 aromatic rings. The summed E-state index contributed by atoms with van der Waals surface area (Å²) in [5.74, 6) is -0.357. The molecule has 4 rings (SSSR count). The van der Waals surface area contributed by atoms with Gasteiger partial charge in [-0.3, -0.25) is 19.5 Å². The molecule has 0 bridgehead atoms. The summed E-state index contributed by atoms with van der Waals surface area (Å²) in [6.45, 7) is 1.61. The first-order chi connectivity index (χ1) is 15.5. The van der Waals surface area contributed by atoms with Crippen LogP contribution in [0.1, 0.15) is 18.2 Å². The van der Waals surface area contributed by atoms with E-state index in [9.17, 15) is 14.4 Å². The van der Waals surface area contributed by atoms with Gasteiger partial charge in [-0.25, -0.2) is 4.79 Å². The second-order valence-electron chi connectivity index (χ2n) is 7.51. The van der Waals surface area contributed by atoms with Crippen LogP contribution in [0, 0.1) is 0 Å². The number of aromatic nitrogens is 1. The number of hydrogen-bond acceptors (Lipinski definition) is 5. The van der Waals surface area contributed by atoms with Gasteiger partial charge in [-0.15, -0.1) is 0 Å². The fourth-order valence-corrected chi connectivity index (χ4v) is 3.39. The van der Waals surface area contributed by atoms with E-state index >= 15 is 0 Å². The lowest BCUT2D eigenvalue weighted by molar-refractivity contribution is -0.133. The monoisotopic (exact) mass is 430 g/mol. The summed E-state index contributed by atoms with van der Waals surface area (Å²) in [5.41, 5.74) is 0.682. The number of carbonyl (C=O) groups excluding carboxylic acids is 3. The van der Waals surface area contributed by atoms with Gasteiger partial charge < -0.3 is 15.4 Å². The molecule has 8 nitrogen and oxygen atoms in total. The van der Waals surface area contributed by atoms with Gasteiger partial charge in [0.15, 0.2) is 5.54 Å². The third kappa shape index (κ3) is 4.44. The molecule has 2 heterocycles. The van der Waals surface area contributed by atoms with Crippen LogP contribution in [0.25, 0.3) is 0 Å². The zero-order chi connectivity index (χ0) is 22.6. The van der Waals surface area contributed by atoms with Crippen LogP contribution in [0.4, 0.5) is 10.5 Å². The summed E-state index contributed by atoms with van der Waals surface area (Å²) in [5, 5.41) is 5.32. The topological polar surface area (TPSA) is 101 Å². The van der Waals surface area contributed by atoms with Gasteiger partial charge in [0.2, 0.25) is 5.91 Å². The first-order valence-corrected chi connectivity index (χ1v) is 10.1. The van der Waals surface area contributed by atoms with E-state index in [1.165, 1.54) is 0 Å². The number of urea groups is 1. The van der Waals surface area contributed by atoms with Crippen LogP contribution >= 0.6 is 0 Å². The Labute approximate surface area is 185 Å². The average Bonchev–Trinajstić information content (AvgIpc) is 3.04. The molecule has 1 unspecified atom stereocenters. The van der Waals surface area contributed by atoms with Gasteiger partial charge in [-0.05, 0) is 48.9 Å².